The van der Waals surface area contributed by atoms with Crippen molar-refractivity contribution in [2.75, 3.05) is 26.2 Å². The molecule has 1 atom stereocenters. The molecule has 0 saturated carbocycles. The van der Waals surface area contributed by atoms with Gasteiger partial charge in [-0.1, -0.05) is 25.5 Å². The molecular weight excluding hydrogens is 252 g/mol. The first-order valence-electron chi connectivity index (χ1n) is 6.45. The summed E-state index contributed by atoms with van der Waals surface area (Å²) >= 11 is 0. The van der Waals surface area contributed by atoms with Crippen LogP contribution in [-0.2, 0) is 10.2 Å². The minimum absolute atomic E-state index is 0.107. The molecule has 1 aliphatic heterocycles. The second-order valence-corrected chi connectivity index (χ2v) is 6.72. The quantitative estimate of drug-likeness (QED) is 0.736. The monoisotopic (exact) mass is 276 g/mol. The third kappa shape index (κ3) is 3.54. The van der Waals surface area contributed by atoms with Crippen LogP contribution in [0.2, 0.25) is 0 Å². The van der Waals surface area contributed by atoms with Gasteiger partial charge < -0.3 is 5.11 Å². The van der Waals surface area contributed by atoms with Crippen LogP contribution in [0.25, 0.3) is 0 Å². The van der Waals surface area contributed by atoms with Gasteiger partial charge in [-0.15, -0.1) is 0 Å². The summed E-state index contributed by atoms with van der Waals surface area (Å²) in [5, 5.41) is 9.32. The van der Waals surface area contributed by atoms with Crippen molar-refractivity contribution in [2.24, 2.45) is 0 Å². The summed E-state index contributed by atoms with van der Waals surface area (Å²) < 4.78 is 27.9. The van der Waals surface area contributed by atoms with Gasteiger partial charge in [-0.05, 0) is 19.8 Å². The van der Waals surface area contributed by atoms with E-state index in [0.717, 1.165) is 24.8 Å². The molecule has 106 valence electrons. The van der Waals surface area contributed by atoms with E-state index in [1.807, 2.05) is 13.8 Å². The molecule has 0 aromatic rings. The molecule has 1 rings (SSSR count). The normalized spacial score (nSPS) is 22.3. The Balaban J connectivity index is 2.91. The summed E-state index contributed by atoms with van der Waals surface area (Å²) in [5.74, 6) is 0. The molecule has 1 saturated heterocycles. The maximum atomic E-state index is 12.5. The van der Waals surface area contributed by atoms with Crippen molar-refractivity contribution in [1.29, 1.82) is 0 Å². The second-order valence-electron chi connectivity index (χ2n) is 4.83. The number of hydrogen-bond donors (Lipinski definition) is 1. The zero-order valence-corrected chi connectivity index (χ0v) is 12.1. The molecule has 0 spiro atoms. The first-order chi connectivity index (χ1) is 8.43. The molecule has 0 radical (unpaired) electrons. The van der Waals surface area contributed by atoms with Crippen molar-refractivity contribution in [3.8, 4) is 0 Å². The third-order valence-corrected chi connectivity index (χ3v) is 5.32. The van der Waals surface area contributed by atoms with Crippen LogP contribution in [0, 0.1) is 0 Å². The Morgan fingerprint density at radius 2 is 2.17 bits per heavy atom. The van der Waals surface area contributed by atoms with Crippen LogP contribution in [0.3, 0.4) is 0 Å². The van der Waals surface area contributed by atoms with E-state index in [9.17, 15) is 13.5 Å². The van der Waals surface area contributed by atoms with Crippen molar-refractivity contribution in [1.82, 2.24) is 8.61 Å². The number of piperidine rings is 1. The molecule has 1 aliphatic rings. The Kier molecular flexibility index (Phi) is 5.78. The van der Waals surface area contributed by atoms with E-state index in [4.69, 9.17) is 0 Å². The van der Waals surface area contributed by atoms with Gasteiger partial charge in [0.15, 0.2) is 0 Å². The summed E-state index contributed by atoms with van der Waals surface area (Å²) in [5.41, 5.74) is 0.818. The summed E-state index contributed by atoms with van der Waals surface area (Å²) in [6.07, 6.45) is 2.57. The fraction of sp³-hybridized carbons (Fsp3) is 0.833. The highest BCUT2D eigenvalue weighted by atomic mass is 32.2. The van der Waals surface area contributed by atoms with Crippen LogP contribution in [0.5, 0.6) is 0 Å². The Morgan fingerprint density at radius 1 is 1.50 bits per heavy atom. The number of nitrogens with zero attached hydrogens (tertiary/aromatic N) is 2. The van der Waals surface area contributed by atoms with Crippen LogP contribution < -0.4 is 0 Å². The van der Waals surface area contributed by atoms with E-state index in [2.05, 4.69) is 6.58 Å². The van der Waals surface area contributed by atoms with E-state index in [0.29, 0.717) is 19.6 Å². The van der Waals surface area contributed by atoms with E-state index in [-0.39, 0.29) is 12.6 Å². The predicted molar refractivity (Wildman–Crippen MR) is 72.4 cm³/mol. The predicted octanol–water partition coefficient (Wildman–Crippen LogP) is 0.976. The highest BCUT2D eigenvalue weighted by Gasteiger charge is 2.35. The first-order valence-corrected chi connectivity index (χ1v) is 7.85. The van der Waals surface area contributed by atoms with E-state index in [1.54, 1.807) is 0 Å². The molecule has 1 unspecified atom stereocenters. The zero-order chi connectivity index (χ0) is 13.8. The highest BCUT2D eigenvalue weighted by Crippen LogP contribution is 2.22. The largest absolute Gasteiger partial charge is 0.395 e. The van der Waals surface area contributed by atoms with Gasteiger partial charge in [0.1, 0.15) is 0 Å². The molecule has 18 heavy (non-hydrogen) atoms. The van der Waals surface area contributed by atoms with Crippen LogP contribution >= 0.6 is 0 Å². The van der Waals surface area contributed by atoms with Crippen molar-refractivity contribution in [3.63, 3.8) is 0 Å². The standard InChI is InChI=1S/C12H24N2O3S/c1-4-13(9-11(2)3)18(16,17)14-8-6-5-7-12(14)10-15/h12,15H,2,4-10H2,1,3H3. The molecule has 0 aliphatic carbocycles. The van der Waals surface area contributed by atoms with Gasteiger partial charge in [0.2, 0.25) is 0 Å². The Hall–Kier alpha value is -0.430. The molecule has 1 heterocycles. The number of likely N-dealkylation sites (N-methyl/N-ethyl adjacent to an activating group) is 1. The smallest absolute Gasteiger partial charge is 0.282 e. The maximum Gasteiger partial charge on any atom is 0.282 e. The molecule has 1 fully saturated rings. The van der Waals surface area contributed by atoms with Crippen molar-refractivity contribution in [2.45, 2.75) is 39.2 Å². The number of aliphatic hydroxyl groups excluding tert-OH is 1. The fourth-order valence-electron chi connectivity index (χ4n) is 2.27. The lowest BCUT2D eigenvalue weighted by Gasteiger charge is -2.37. The minimum atomic E-state index is -3.48. The number of hydrogen-bond acceptors (Lipinski definition) is 3. The van der Waals surface area contributed by atoms with Gasteiger partial charge in [0.25, 0.3) is 10.2 Å². The Morgan fingerprint density at radius 3 is 2.67 bits per heavy atom. The van der Waals surface area contributed by atoms with E-state index in [1.165, 1.54) is 8.61 Å². The van der Waals surface area contributed by atoms with Crippen molar-refractivity contribution >= 4 is 10.2 Å². The van der Waals surface area contributed by atoms with Gasteiger partial charge in [-0.3, -0.25) is 0 Å². The van der Waals surface area contributed by atoms with Crippen LogP contribution in [0.15, 0.2) is 12.2 Å². The SMILES string of the molecule is C=C(C)CN(CC)S(=O)(=O)N1CCCCC1CO. The number of rotatable bonds is 6. The van der Waals surface area contributed by atoms with Crippen molar-refractivity contribution < 1.29 is 13.5 Å². The fourth-order valence-corrected chi connectivity index (χ4v) is 4.18. The van der Waals surface area contributed by atoms with Crippen molar-refractivity contribution in [3.05, 3.63) is 12.2 Å². The minimum Gasteiger partial charge on any atom is -0.395 e. The molecule has 0 aromatic heterocycles. The highest BCUT2D eigenvalue weighted by molar-refractivity contribution is 7.86. The lowest BCUT2D eigenvalue weighted by molar-refractivity contribution is 0.148. The molecule has 6 heteroatoms. The number of aliphatic hydroxyl groups is 1. The lowest BCUT2D eigenvalue weighted by atomic mass is 10.1. The molecular formula is C12H24N2O3S. The zero-order valence-electron chi connectivity index (χ0n) is 11.3. The van der Waals surface area contributed by atoms with Crippen LogP contribution in [0.1, 0.15) is 33.1 Å². The summed E-state index contributed by atoms with van der Waals surface area (Å²) in [6, 6.07) is -0.275. The Labute approximate surface area is 110 Å². The average molecular weight is 276 g/mol. The van der Waals surface area contributed by atoms with E-state index >= 15 is 0 Å². The molecule has 0 amide bonds. The van der Waals surface area contributed by atoms with Crippen LogP contribution in [-0.4, -0.2) is 54.4 Å². The topological polar surface area (TPSA) is 60.9 Å². The van der Waals surface area contributed by atoms with Gasteiger partial charge >= 0.3 is 0 Å². The molecule has 0 bridgehead atoms. The first kappa shape index (κ1) is 15.6. The van der Waals surface area contributed by atoms with Crippen LogP contribution in [0.4, 0.5) is 0 Å². The van der Waals surface area contributed by atoms with Gasteiger partial charge in [-0.25, -0.2) is 0 Å². The third-order valence-electron chi connectivity index (χ3n) is 3.21. The van der Waals surface area contributed by atoms with E-state index < -0.39 is 10.2 Å². The maximum absolute atomic E-state index is 12.5. The van der Waals surface area contributed by atoms with Gasteiger partial charge in [-0.2, -0.15) is 17.0 Å². The molecule has 0 aromatic carbocycles. The lowest BCUT2D eigenvalue weighted by Crippen LogP contribution is -2.52. The average Bonchev–Trinajstić information content (AvgIpc) is 2.35. The summed E-state index contributed by atoms with van der Waals surface area (Å²) in [6.45, 7) is 8.56. The van der Waals surface area contributed by atoms with Gasteiger partial charge in [0.05, 0.1) is 6.61 Å². The second kappa shape index (κ2) is 6.65. The summed E-state index contributed by atoms with van der Waals surface area (Å²) in [4.78, 5) is 0. The Bertz CT molecular complexity index is 381. The summed E-state index contributed by atoms with van der Waals surface area (Å²) in [7, 11) is -3.48. The van der Waals surface area contributed by atoms with Gasteiger partial charge in [0, 0.05) is 25.7 Å². The molecule has 1 N–H and O–H groups in total. The molecule has 5 nitrogen and oxygen atoms in total.